The van der Waals surface area contributed by atoms with Crippen LogP contribution in [0.3, 0.4) is 0 Å². The molecule has 2 aromatic rings. The molecule has 2 saturated heterocycles. The fourth-order valence-corrected chi connectivity index (χ4v) is 3.70. The van der Waals surface area contributed by atoms with Crippen LogP contribution in [0.1, 0.15) is 33.3 Å². The number of hydrogen-bond donors (Lipinski definition) is 1. The van der Waals surface area contributed by atoms with E-state index in [1.54, 1.807) is 0 Å². The lowest BCUT2D eigenvalue weighted by Crippen LogP contribution is -2.42. The largest absolute Gasteiger partial charge is 0.496 e. The molecule has 0 bridgehead atoms. The summed E-state index contributed by atoms with van der Waals surface area (Å²) < 4.78 is 12.4. The third kappa shape index (κ3) is 4.01. The minimum absolute atomic E-state index is 0.350. The Kier molecular flexibility index (Phi) is 5.31. The van der Waals surface area contributed by atoms with Gasteiger partial charge in [0.15, 0.2) is 0 Å². The van der Waals surface area contributed by atoms with Gasteiger partial charge in [0.25, 0.3) is 0 Å². The lowest BCUT2D eigenvalue weighted by atomic mass is 9.79. The van der Waals surface area contributed by atoms with Gasteiger partial charge in [-0.25, -0.2) is 0 Å². The Morgan fingerprint density at radius 2 is 1.71 bits per heavy atom. The van der Waals surface area contributed by atoms with Crippen LogP contribution in [0.25, 0.3) is 11.1 Å². The van der Waals surface area contributed by atoms with Crippen molar-refractivity contribution in [3.8, 4) is 11.1 Å². The smallest absolute Gasteiger partial charge is 0.399 e. The quantitative estimate of drug-likeness (QED) is 0.827. The average Bonchev–Trinajstić information content (AvgIpc) is 2.90. The topological polar surface area (TPSA) is 46.6 Å². The van der Waals surface area contributed by atoms with Crippen molar-refractivity contribution in [2.75, 3.05) is 26.2 Å². The molecular weight excluding hydrogens is 349 g/mol. The Morgan fingerprint density at radius 3 is 2.43 bits per heavy atom. The normalized spacial score (nSPS) is 21.8. The van der Waals surface area contributed by atoms with Crippen molar-refractivity contribution < 1.29 is 9.31 Å². The van der Waals surface area contributed by atoms with Gasteiger partial charge < -0.3 is 14.6 Å². The lowest BCUT2D eigenvalue weighted by molar-refractivity contribution is 0.00578. The monoisotopic (exact) mass is 379 g/mol. The molecule has 3 heterocycles. The molecule has 1 aromatic heterocycles. The molecule has 1 N–H and O–H groups in total. The van der Waals surface area contributed by atoms with Crippen LogP contribution < -0.4 is 10.8 Å². The first-order valence-electron chi connectivity index (χ1n) is 10.2. The summed E-state index contributed by atoms with van der Waals surface area (Å²) in [4.78, 5) is 6.96. The summed E-state index contributed by atoms with van der Waals surface area (Å²) in [7, 11) is -0.388. The van der Waals surface area contributed by atoms with Crippen LogP contribution in [0.4, 0.5) is 0 Å². The van der Waals surface area contributed by atoms with E-state index in [0.29, 0.717) is 0 Å². The molecular formula is C22H30BN3O2. The fraction of sp³-hybridized carbons (Fsp3) is 0.500. The minimum Gasteiger partial charge on any atom is -0.399 e. The zero-order valence-electron chi connectivity index (χ0n) is 17.4. The highest BCUT2D eigenvalue weighted by Gasteiger charge is 2.51. The molecule has 4 rings (SSSR count). The number of hydrogen-bond acceptors (Lipinski definition) is 5. The van der Waals surface area contributed by atoms with Crippen molar-refractivity contribution in [1.82, 2.24) is 15.2 Å². The lowest BCUT2D eigenvalue weighted by Gasteiger charge is -2.32. The number of aromatic nitrogens is 1. The van der Waals surface area contributed by atoms with Gasteiger partial charge in [-0.15, -0.1) is 0 Å². The van der Waals surface area contributed by atoms with Crippen molar-refractivity contribution in [3.05, 3.63) is 48.3 Å². The van der Waals surface area contributed by atoms with Gasteiger partial charge >= 0.3 is 7.12 Å². The molecule has 0 saturated carbocycles. The SMILES string of the molecule is CC1(C)OB(c2cncc(-c3cccc(CN4CCNCC4)c3)c2)OC1(C)C. The number of piperazine rings is 1. The van der Waals surface area contributed by atoms with Crippen molar-refractivity contribution in [3.63, 3.8) is 0 Å². The highest BCUT2D eigenvalue weighted by Crippen LogP contribution is 2.36. The fourth-order valence-electron chi connectivity index (χ4n) is 3.70. The van der Waals surface area contributed by atoms with Crippen LogP contribution >= 0.6 is 0 Å². The summed E-state index contributed by atoms with van der Waals surface area (Å²) in [5.74, 6) is 0. The Balaban J connectivity index is 1.54. The second-order valence-electron chi connectivity index (χ2n) is 8.82. The summed E-state index contributed by atoms with van der Waals surface area (Å²) >= 11 is 0. The first-order chi connectivity index (χ1) is 13.3. The summed E-state index contributed by atoms with van der Waals surface area (Å²) in [6.07, 6.45) is 3.76. The Hall–Kier alpha value is -1.73. The second-order valence-corrected chi connectivity index (χ2v) is 8.82. The van der Waals surface area contributed by atoms with E-state index in [1.807, 2.05) is 12.4 Å². The van der Waals surface area contributed by atoms with Gasteiger partial charge in [-0.3, -0.25) is 9.88 Å². The maximum Gasteiger partial charge on any atom is 0.496 e. The third-order valence-electron chi connectivity index (χ3n) is 6.16. The summed E-state index contributed by atoms with van der Waals surface area (Å²) in [6, 6.07) is 10.9. The molecule has 0 radical (unpaired) electrons. The number of pyridine rings is 1. The van der Waals surface area contributed by atoms with Gasteiger partial charge in [-0.2, -0.15) is 0 Å². The van der Waals surface area contributed by atoms with E-state index in [0.717, 1.165) is 43.8 Å². The first kappa shape index (κ1) is 19.6. The Bertz CT molecular complexity index is 818. The van der Waals surface area contributed by atoms with Crippen molar-refractivity contribution in [1.29, 1.82) is 0 Å². The van der Waals surface area contributed by atoms with Crippen LogP contribution in [0.5, 0.6) is 0 Å². The average molecular weight is 379 g/mol. The molecule has 28 heavy (non-hydrogen) atoms. The molecule has 148 valence electrons. The number of rotatable bonds is 4. The predicted molar refractivity (Wildman–Crippen MR) is 114 cm³/mol. The number of nitrogens with one attached hydrogen (secondary N) is 1. The summed E-state index contributed by atoms with van der Waals surface area (Å²) in [5.41, 5.74) is 3.87. The molecule has 0 aliphatic carbocycles. The third-order valence-corrected chi connectivity index (χ3v) is 6.16. The molecule has 0 unspecified atom stereocenters. The highest BCUT2D eigenvalue weighted by molar-refractivity contribution is 6.62. The molecule has 2 aliphatic rings. The van der Waals surface area contributed by atoms with E-state index in [4.69, 9.17) is 9.31 Å². The van der Waals surface area contributed by atoms with Crippen LogP contribution in [-0.2, 0) is 15.9 Å². The molecule has 1 aromatic carbocycles. The molecule has 2 fully saturated rings. The van der Waals surface area contributed by atoms with E-state index in [9.17, 15) is 0 Å². The van der Waals surface area contributed by atoms with E-state index >= 15 is 0 Å². The molecule has 0 atom stereocenters. The van der Waals surface area contributed by atoms with Gasteiger partial charge in [0.1, 0.15) is 0 Å². The van der Waals surface area contributed by atoms with Crippen LogP contribution in [-0.4, -0.2) is 54.4 Å². The predicted octanol–water partition coefficient (Wildman–Crippen LogP) is 2.45. The van der Waals surface area contributed by atoms with Crippen LogP contribution in [0.2, 0.25) is 0 Å². The summed E-state index contributed by atoms with van der Waals surface area (Å²) in [6.45, 7) is 13.6. The second kappa shape index (κ2) is 7.60. The highest BCUT2D eigenvalue weighted by atomic mass is 16.7. The van der Waals surface area contributed by atoms with E-state index in [2.05, 4.69) is 73.2 Å². The summed E-state index contributed by atoms with van der Waals surface area (Å²) in [5, 5.41) is 3.41. The standard InChI is InChI=1S/C22H30BN3O2/c1-21(2)22(3,4)28-23(27-21)20-13-19(14-25-15-20)18-7-5-6-17(12-18)16-26-10-8-24-9-11-26/h5-7,12-15,24H,8-11,16H2,1-4H3. The zero-order chi connectivity index (χ0) is 19.8. The Labute approximate surface area is 168 Å². The van der Waals surface area contributed by atoms with Gasteiger partial charge in [0.05, 0.1) is 11.2 Å². The molecule has 0 spiro atoms. The van der Waals surface area contributed by atoms with Gasteiger partial charge in [-0.05, 0) is 50.5 Å². The van der Waals surface area contributed by atoms with E-state index in [1.165, 1.54) is 11.1 Å². The number of nitrogens with zero attached hydrogens (tertiary/aromatic N) is 2. The number of benzene rings is 1. The van der Waals surface area contributed by atoms with E-state index < -0.39 is 0 Å². The minimum atomic E-state index is -0.388. The van der Waals surface area contributed by atoms with Crippen molar-refractivity contribution >= 4 is 12.6 Å². The van der Waals surface area contributed by atoms with E-state index in [-0.39, 0.29) is 18.3 Å². The molecule has 6 heteroatoms. The molecule has 2 aliphatic heterocycles. The Morgan fingerprint density at radius 1 is 1.00 bits per heavy atom. The van der Waals surface area contributed by atoms with Crippen molar-refractivity contribution in [2.24, 2.45) is 0 Å². The zero-order valence-corrected chi connectivity index (χ0v) is 17.4. The first-order valence-corrected chi connectivity index (χ1v) is 10.2. The van der Waals surface area contributed by atoms with Crippen LogP contribution in [0, 0.1) is 0 Å². The maximum atomic E-state index is 6.19. The molecule has 5 nitrogen and oxygen atoms in total. The van der Waals surface area contributed by atoms with Crippen LogP contribution in [0.15, 0.2) is 42.7 Å². The van der Waals surface area contributed by atoms with Gasteiger partial charge in [0, 0.05) is 50.6 Å². The maximum absolute atomic E-state index is 6.19. The van der Waals surface area contributed by atoms with Gasteiger partial charge in [-0.1, -0.05) is 24.3 Å². The van der Waals surface area contributed by atoms with Gasteiger partial charge in [0.2, 0.25) is 0 Å². The van der Waals surface area contributed by atoms with Crippen molar-refractivity contribution in [2.45, 2.75) is 45.4 Å². The molecule has 0 amide bonds.